The highest BCUT2D eigenvalue weighted by atomic mass is 35.5. The standard InChI is InChI=1S/C12H15N2O.ClH/c1-2-11-5-8-13(9-6-11)10-14-7-3-4-12(14)15;/h2,5-6,8-9H,1,3-4,7,10H2;1H/q+1;/p-1. The van der Waals surface area contributed by atoms with Gasteiger partial charge in [0.05, 0.1) is 0 Å². The van der Waals surface area contributed by atoms with Crippen LogP contribution in [0, 0.1) is 0 Å². The van der Waals surface area contributed by atoms with Gasteiger partial charge in [-0.3, -0.25) is 9.69 Å². The van der Waals surface area contributed by atoms with E-state index in [1.54, 1.807) is 0 Å². The highest BCUT2D eigenvalue weighted by Crippen LogP contribution is 2.08. The summed E-state index contributed by atoms with van der Waals surface area (Å²) < 4.78 is 2.01. The number of halogens is 1. The molecule has 16 heavy (non-hydrogen) atoms. The fraction of sp³-hybridized carbons (Fsp3) is 0.333. The Labute approximate surface area is 102 Å². The quantitative estimate of drug-likeness (QED) is 0.571. The van der Waals surface area contributed by atoms with Gasteiger partial charge in [-0.15, -0.1) is 0 Å². The fourth-order valence-electron chi connectivity index (χ4n) is 1.75. The predicted octanol–water partition coefficient (Wildman–Crippen LogP) is -1.80. The number of carbonyl (C=O) groups excluding carboxylic acids is 1. The van der Waals surface area contributed by atoms with Crippen molar-refractivity contribution in [2.75, 3.05) is 6.54 Å². The molecule has 1 fully saturated rings. The van der Waals surface area contributed by atoms with Crippen LogP contribution < -0.4 is 17.0 Å². The van der Waals surface area contributed by atoms with E-state index < -0.39 is 0 Å². The Morgan fingerprint density at radius 1 is 1.44 bits per heavy atom. The maximum absolute atomic E-state index is 11.4. The summed E-state index contributed by atoms with van der Waals surface area (Å²) in [5, 5.41) is 0. The number of rotatable bonds is 3. The monoisotopic (exact) mass is 238 g/mol. The van der Waals surface area contributed by atoms with Crippen molar-refractivity contribution in [3.8, 4) is 0 Å². The van der Waals surface area contributed by atoms with Crippen LogP contribution in [0.15, 0.2) is 31.1 Å². The molecule has 1 aromatic rings. The summed E-state index contributed by atoms with van der Waals surface area (Å²) in [6.07, 6.45) is 7.45. The van der Waals surface area contributed by atoms with Crippen LogP contribution in [0.25, 0.3) is 6.08 Å². The molecule has 0 saturated carbocycles. The molecule has 0 atom stereocenters. The molecule has 0 N–H and O–H groups in total. The first-order valence-electron chi connectivity index (χ1n) is 5.19. The van der Waals surface area contributed by atoms with E-state index in [4.69, 9.17) is 0 Å². The Morgan fingerprint density at radius 3 is 2.62 bits per heavy atom. The van der Waals surface area contributed by atoms with E-state index in [1.807, 2.05) is 40.1 Å². The van der Waals surface area contributed by atoms with Gasteiger partial charge in [-0.2, -0.15) is 4.57 Å². The molecular formula is C12H15ClN2O. The van der Waals surface area contributed by atoms with Gasteiger partial charge in [-0.05, 0) is 12.0 Å². The van der Waals surface area contributed by atoms with Gasteiger partial charge in [0.2, 0.25) is 12.6 Å². The molecule has 4 heteroatoms. The van der Waals surface area contributed by atoms with Gasteiger partial charge in [0, 0.05) is 25.1 Å². The van der Waals surface area contributed by atoms with E-state index >= 15 is 0 Å². The van der Waals surface area contributed by atoms with E-state index in [-0.39, 0.29) is 18.3 Å². The van der Waals surface area contributed by atoms with Crippen molar-refractivity contribution in [3.63, 3.8) is 0 Å². The molecule has 2 rings (SSSR count). The van der Waals surface area contributed by atoms with E-state index in [1.165, 1.54) is 0 Å². The topological polar surface area (TPSA) is 24.2 Å². The van der Waals surface area contributed by atoms with Crippen LogP contribution in [0.4, 0.5) is 0 Å². The average Bonchev–Trinajstić information content (AvgIpc) is 2.66. The lowest BCUT2D eigenvalue weighted by Crippen LogP contribution is -3.00. The van der Waals surface area contributed by atoms with Crippen molar-refractivity contribution in [1.29, 1.82) is 0 Å². The van der Waals surface area contributed by atoms with Crippen molar-refractivity contribution >= 4 is 12.0 Å². The first-order valence-corrected chi connectivity index (χ1v) is 5.19. The molecule has 2 heterocycles. The van der Waals surface area contributed by atoms with Gasteiger partial charge in [-0.25, -0.2) is 0 Å². The summed E-state index contributed by atoms with van der Waals surface area (Å²) in [5.74, 6) is 0.260. The van der Waals surface area contributed by atoms with E-state index in [2.05, 4.69) is 6.58 Å². The SMILES string of the molecule is C=Cc1cc[n+](CN2CCCC2=O)cc1.[Cl-]. The smallest absolute Gasteiger partial charge is 0.227 e. The molecule has 1 aliphatic heterocycles. The van der Waals surface area contributed by atoms with Gasteiger partial charge in [-0.1, -0.05) is 12.7 Å². The van der Waals surface area contributed by atoms with Crippen LogP contribution in [-0.4, -0.2) is 17.4 Å². The molecular weight excluding hydrogens is 224 g/mol. The largest absolute Gasteiger partial charge is 1.00 e. The number of nitrogens with zero attached hydrogens (tertiary/aromatic N) is 2. The van der Waals surface area contributed by atoms with Crippen LogP contribution >= 0.6 is 0 Å². The second-order valence-electron chi connectivity index (χ2n) is 3.75. The Morgan fingerprint density at radius 2 is 2.12 bits per heavy atom. The molecule has 0 radical (unpaired) electrons. The summed E-state index contributed by atoms with van der Waals surface area (Å²) in [6.45, 7) is 5.25. The van der Waals surface area contributed by atoms with Crippen molar-refractivity contribution < 1.29 is 21.8 Å². The number of aromatic nitrogens is 1. The maximum Gasteiger partial charge on any atom is 0.227 e. The molecule has 86 valence electrons. The molecule has 0 aliphatic carbocycles. The Hall–Kier alpha value is -1.35. The summed E-state index contributed by atoms with van der Waals surface area (Å²) in [6, 6.07) is 3.99. The van der Waals surface area contributed by atoms with Gasteiger partial charge in [0.1, 0.15) is 0 Å². The number of carbonyl (C=O) groups is 1. The number of hydrogen-bond donors (Lipinski definition) is 0. The van der Waals surface area contributed by atoms with E-state index in [9.17, 15) is 4.79 Å². The molecule has 0 bridgehead atoms. The van der Waals surface area contributed by atoms with Crippen LogP contribution in [0.3, 0.4) is 0 Å². The van der Waals surface area contributed by atoms with Gasteiger partial charge in [0.25, 0.3) is 0 Å². The summed E-state index contributed by atoms with van der Waals surface area (Å²) in [4.78, 5) is 13.3. The fourth-order valence-corrected chi connectivity index (χ4v) is 1.75. The third-order valence-electron chi connectivity index (χ3n) is 2.66. The lowest BCUT2D eigenvalue weighted by atomic mass is 10.3. The van der Waals surface area contributed by atoms with Gasteiger partial charge in [0.15, 0.2) is 12.4 Å². The number of likely N-dealkylation sites (tertiary alicyclic amines) is 1. The maximum atomic E-state index is 11.4. The van der Waals surface area contributed by atoms with Crippen LogP contribution in [0.5, 0.6) is 0 Å². The van der Waals surface area contributed by atoms with Crippen molar-refractivity contribution in [2.24, 2.45) is 0 Å². The molecule has 1 saturated heterocycles. The zero-order valence-corrected chi connectivity index (χ0v) is 9.86. The van der Waals surface area contributed by atoms with Crippen molar-refractivity contribution in [1.82, 2.24) is 4.90 Å². The zero-order valence-electron chi connectivity index (χ0n) is 9.10. The summed E-state index contributed by atoms with van der Waals surface area (Å²) in [5.41, 5.74) is 1.10. The molecule has 1 amide bonds. The molecule has 1 aromatic heterocycles. The Balaban J connectivity index is 0.00000128. The van der Waals surface area contributed by atoms with Crippen LogP contribution in [0.1, 0.15) is 18.4 Å². The minimum Gasteiger partial charge on any atom is -1.00 e. The summed E-state index contributed by atoms with van der Waals surface area (Å²) >= 11 is 0. The number of amides is 1. The highest BCUT2D eigenvalue weighted by molar-refractivity contribution is 5.77. The predicted molar refractivity (Wildman–Crippen MR) is 57.7 cm³/mol. The second-order valence-corrected chi connectivity index (χ2v) is 3.75. The number of pyridine rings is 1. The minimum atomic E-state index is 0. The number of hydrogen-bond acceptors (Lipinski definition) is 1. The average molecular weight is 239 g/mol. The van der Waals surface area contributed by atoms with E-state index in [0.717, 1.165) is 18.5 Å². The van der Waals surface area contributed by atoms with E-state index in [0.29, 0.717) is 13.1 Å². The van der Waals surface area contributed by atoms with Crippen molar-refractivity contribution in [2.45, 2.75) is 19.5 Å². The molecule has 3 nitrogen and oxygen atoms in total. The highest BCUT2D eigenvalue weighted by Gasteiger charge is 2.22. The van der Waals surface area contributed by atoms with Gasteiger partial charge < -0.3 is 12.4 Å². The molecule has 0 aromatic carbocycles. The lowest BCUT2D eigenvalue weighted by Gasteiger charge is -2.10. The zero-order chi connectivity index (χ0) is 10.7. The van der Waals surface area contributed by atoms with Crippen molar-refractivity contribution in [3.05, 3.63) is 36.7 Å². The minimum absolute atomic E-state index is 0. The third-order valence-corrected chi connectivity index (χ3v) is 2.66. The van der Waals surface area contributed by atoms with Gasteiger partial charge >= 0.3 is 0 Å². The summed E-state index contributed by atoms with van der Waals surface area (Å²) in [7, 11) is 0. The van der Waals surface area contributed by atoms with Crippen LogP contribution in [0.2, 0.25) is 0 Å². The Bertz CT molecular complexity index is 375. The van der Waals surface area contributed by atoms with Crippen LogP contribution in [-0.2, 0) is 11.5 Å². The first-order chi connectivity index (χ1) is 7.29. The molecule has 1 aliphatic rings. The first kappa shape index (κ1) is 12.7. The normalized spacial score (nSPS) is 14.8. The lowest BCUT2D eigenvalue weighted by molar-refractivity contribution is -0.712. The third kappa shape index (κ3) is 2.83. The second kappa shape index (κ2) is 5.66. The molecule has 0 unspecified atom stereocenters. The Kier molecular flexibility index (Phi) is 4.50. The molecule has 0 spiro atoms.